The first-order valence-electron chi connectivity index (χ1n) is 9.27. The molecule has 28 heavy (non-hydrogen) atoms. The molecule has 2 aromatic rings. The first-order chi connectivity index (χ1) is 13.3. The van der Waals surface area contributed by atoms with Crippen LogP contribution < -0.4 is 0 Å². The molecule has 1 aliphatic heterocycles. The van der Waals surface area contributed by atoms with E-state index in [-0.39, 0.29) is 9.25 Å². The van der Waals surface area contributed by atoms with Gasteiger partial charge in [-0.1, -0.05) is 0 Å². The number of halogens is 1. The third-order valence-corrected chi connectivity index (χ3v) is 9.78. The molecule has 0 spiro atoms. The van der Waals surface area contributed by atoms with Crippen molar-refractivity contribution < 1.29 is 12.2 Å². The number of fused-ring (bicyclic) bond motifs is 1. The van der Waals surface area contributed by atoms with E-state index in [4.69, 9.17) is 10.00 Å². The van der Waals surface area contributed by atoms with Crippen LogP contribution in [0.1, 0.15) is 55.9 Å². The zero-order valence-electron chi connectivity index (χ0n) is 16.3. The molecule has 0 saturated carbocycles. The number of nitrogens with zero attached hydrogens (tertiary/aromatic N) is 2. The first-order valence-corrected chi connectivity index (χ1v) is 13.1. The normalized spacial score (nSPS) is 18.8. The van der Waals surface area contributed by atoms with Gasteiger partial charge in [0, 0.05) is 0 Å². The number of rotatable bonds is 5. The van der Waals surface area contributed by atoms with Gasteiger partial charge in [-0.15, -0.1) is 0 Å². The van der Waals surface area contributed by atoms with Gasteiger partial charge in [0.05, 0.1) is 0 Å². The van der Waals surface area contributed by atoms with Crippen LogP contribution in [0.2, 0.25) is 3.43 Å². The summed E-state index contributed by atoms with van der Waals surface area (Å²) in [5.74, 6) is -0.300. The number of ether oxygens (including phenoxy) is 1. The maximum absolute atomic E-state index is 13.5. The molecule has 0 bridgehead atoms. The molecule has 0 saturated heterocycles. The standard InChI is InChI=1S/C18H14FN2O.C4H9.O.Sn/c19-16-5-3-15(4-6-16)18(8-1-9-20)17-7-2-13(11-21)10-14(17)12-22-18;1-4(2)3;;/h2-7,9-10H,1,8,12H2;1-3H3;;/q-1;;;+1. The Kier molecular flexibility index (Phi) is 6.11. The molecule has 0 N–H and O–H groups in total. The molecule has 2 aromatic carbocycles. The summed E-state index contributed by atoms with van der Waals surface area (Å²) in [7, 11) is 0. The van der Waals surface area contributed by atoms with E-state index in [0.29, 0.717) is 25.0 Å². The fraction of sp³-hybridized carbons (Fsp3) is 0.364. The third kappa shape index (κ3) is 4.23. The Bertz CT molecular complexity index is 958. The van der Waals surface area contributed by atoms with Gasteiger partial charge in [-0.2, -0.15) is 0 Å². The second kappa shape index (κ2) is 8.22. The molecular formula is C22H23FN2O2Sn. The fourth-order valence-corrected chi connectivity index (χ4v) is 5.32. The number of benzene rings is 2. The molecule has 1 heterocycles. The molecule has 0 fully saturated rings. The molecule has 0 amide bonds. The zero-order chi connectivity index (χ0) is 20.4. The topological polar surface area (TPSA) is 62.4 Å². The molecule has 3 rings (SSSR count). The van der Waals surface area contributed by atoms with Crippen molar-refractivity contribution in [2.45, 2.75) is 49.3 Å². The average molecular weight is 485 g/mol. The van der Waals surface area contributed by atoms with E-state index in [2.05, 4.69) is 9.28 Å². The third-order valence-electron chi connectivity index (χ3n) is 4.93. The van der Waals surface area contributed by atoms with Crippen LogP contribution >= 0.6 is 0 Å². The van der Waals surface area contributed by atoms with E-state index in [1.807, 2.05) is 32.9 Å². The van der Waals surface area contributed by atoms with E-state index < -0.39 is 25.6 Å². The minimum atomic E-state index is -3.04. The van der Waals surface area contributed by atoms with Crippen molar-refractivity contribution in [3.05, 3.63) is 70.5 Å². The average Bonchev–Trinajstić information content (AvgIpc) is 3.03. The summed E-state index contributed by atoms with van der Waals surface area (Å²) in [5.41, 5.74) is 2.68. The van der Waals surface area contributed by atoms with Crippen molar-refractivity contribution in [2.75, 3.05) is 0 Å². The number of nitriles is 1. The summed E-state index contributed by atoms with van der Waals surface area (Å²) >= 11 is -3.04. The number of hydrogen-bond acceptors (Lipinski definition) is 3. The summed E-state index contributed by atoms with van der Waals surface area (Å²) in [4.78, 5) is 0. The van der Waals surface area contributed by atoms with Gasteiger partial charge >= 0.3 is 173 Å². The van der Waals surface area contributed by atoms with Crippen molar-refractivity contribution in [2.24, 2.45) is 3.21 Å². The van der Waals surface area contributed by atoms with Crippen LogP contribution in [0.15, 0.2) is 45.7 Å². The fourth-order valence-electron chi connectivity index (χ4n) is 3.37. The van der Waals surface area contributed by atoms with Crippen molar-refractivity contribution in [1.82, 2.24) is 0 Å². The van der Waals surface area contributed by atoms with Gasteiger partial charge in [0.25, 0.3) is 0 Å². The van der Waals surface area contributed by atoms with Gasteiger partial charge < -0.3 is 0 Å². The first kappa shape index (κ1) is 20.8. The second-order valence-corrected chi connectivity index (χ2v) is 14.8. The Morgan fingerprint density at radius 3 is 2.64 bits per heavy atom. The molecule has 1 atom stereocenters. The molecule has 0 aliphatic carbocycles. The van der Waals surface area contributed by atoms with Crippen molar-refractivity contribution in [3.8, 4) is 6.07 Å². The summed E-state index contributed by atoms with van der Waals surface area (Å²) < 4.78 is 36.1. The molecule has 144 valence electrons. The molecule has 4 nitrogen and oxygen atoms in total. The Hall–Kier alpha value is -1.91. The maximum atomic E-state index is 13.5. The van der Waals surface area contributed by atoms with Gasteiger partial charge in [0.1, 0.15) is 0 Å². The van der Waals surface area contributed by atoms with Crippen molar-refractivity contribution in [1.29, 1.82) is 5.26 Å². The van der Waals surface area contributed by atoms with Crippen LogP contribution in [0.3, 0.4) is 0 Å². The predicted octanol–water partition coefficient (Wildman–Crippen LogP) is 5.04. The van der Waals surface area contributed by atoms with Crippen LogP contribution in [-0.4, -0.2) is 26.2 Å². The van der Waals surface area contributed by atoms with Gasteiger partial charge in [0.15, 0.2) is 0 Å². The molecular weight excluding hydrogens is 462 g/mol. The van der Waals surface area contributed by atoms with E-state index >= 15 is 0 Å². The van der Waals surface area contributed by atoms with E-state index in [1.54, 1.807) is 24.4 Å². The van der Waals surface area contributed by atoms with Gasteiger partial charge in [-0.3, -0.25) is 0 Å². The molecule has 1 aliphatic rings. The van der Waals surface area contributed by atoms with E-state index in [0.717, 1.165) is 16.7 Å². The Balaban J connectivity index is 1.93. The molecule has 6 heteroatoms. The summed E-state index contributed by atoms with van der Waals surface area (Å²) in [5, 5.41) is 9.16. The summed E-state index contributed by atoms with van der Waals surface area (Å²) in [6.07, 6.45) is 2.95. The zero-order valence-corrected chi connectivity index (χ0v) is 19.2. The quantitative estimate of drug-likeness (QED) is 0.441. The second-order valence-electron chi connectivity index (χ2n) is 8.01. The number of hydrogen-bond donors (Lipinski definition) is 0. The van der Waals surface area contributed by atoms with E-state index in [9.17, 15) is 7.47 Å². The Morgan fingerprint density at radius 2 is 2.00 bits per heavy atom. The monoisotopic (exact) mass is 486 g/mol. The van der Waals surface area contributed by atoms with Crippen LogP contribution in [0, 0.1) is 17.1 Å². The van der Waals surface area contributed by atoms with E-state index in [1.165, 1.54) is 12.1 Å². The summed E-state index contributed by atoms with van der Waals surface area (Å²) in [6, 6.07) is 14.0. The SMILES string of the molecule is C[C](C)(C)[Sn](=[O])/[N]=C/CCC1(c2ccc(F)cc2)OCc2cc(C#N)ccc21. The Labute approximate surface area is 172 Å². The van der Waals surface area contributed by atoms with Gasteiger partial charge in [-0.05, 0) is 0 Å². The van der Waals surface area contributed by atoms with Crippen LogP contribution in [0.4, 0.5) is 4.39 Å². The summed E-state index contributed by atoms with van der Waals surface area (Å²) in [6.45, 7) is 6.25. The molecule has 0 aromatic heterocycles. The van der Waals surface area contributed by atoms with Gasteiger partial charge in [0.2, 0.25) is 0 Å². The molecule has 0 radical (unpaired) electrons. The Morgan fingerprint density at radius 1 is 1.29 bits per heavy atom. The predicted molar refractivity (Wildman–Crippen MR) is 107 cm³/mol. The van der Waals surface area contributed by atoms with Crippen LogP contribution in [0.5, 0.6) is 0 Å². The molecule has 1 unspecified atom stereocenters. The minimum absolute atomic E-state index is 0.239. The van der Waals surface area contributed by atoms with Gasteiger partial charge in [-0.25, -0.2) is 0 Å². The van der Waals surface area contributed by atoms with Crippen LogP contribution in [-0.2, 0) is 20.0 Å². The van der Waals surface area contributed by atoms with Crippen molar-refractivity contribution >= 4 is 26.2 Å². The van der Waals surface area contributed by atoms with Crippen molar-refractivity contribution in [3.63, 3.8) is 0 Å². The van der Waals surface area contributed by atoms with Crippen LogP contribution in [0.25, 0.3) is 0 Å².